The standard InChI is InChI=1S/C8H11N5O2.ClH/c1-11-5-4(10-7(11)9)6(14)13(3)8(15)12(5)2;/h1-3H3,(H2,9,10);1H. The van der Waals surface area contributed by atoms with Crippen molar-refractivity contribution in [2.24, 2.45) is 21.1 Å². The van der Waals surface area contributed by atoms with Gasteiger partial charge in [0.15, 0.2) is 11.2 Å². The van der Waals surface area contributed by atoms with E-state index in [4.69, 9.17) is 5.73 Å². The van der Waals surface area contributed by atoms with Gasteiger partial charge in [0.2, 0.25) is 5.95 Å². The molecule has 0 aliphatic heterocycles. The third kappa shape index (κ3) is 1.32. The molecule has 7 nitrogen and oxygen atoms in total. The van der Waals surface area contributed by atoms with Crippen molar-refractivity contribution in [3.05, 3.63) is 20.8 Å². The van der Waals surface area contributed by atoms with Crippen LogP contribution in [-0.2, 0) is 21.1 Å². The van der Waals surface area contributed by atoms with E-state index >= 15 is 0 Å². The zero-order valence-corrected chi connectivity index (χ0v) is 9.91. The fourth-order valence-electron chi connectivity index (χ4n) is 1.60. The Bertz CT molecular complexity index is 666. The highest BCUT2D eigenvalue weighted by atomic mass is 35.5. The lowest BCUT2D eigenvalue weighted by atomic mass is 10.5. The van der Waals surface area contributed by atoms with Crippen molar-refractivity contribution in [1.29, 1.82) is 0 Å². The van der Waals surface area contributed by atoms with Gasteiger partial charge in [0.25, 0.3) is 5.56 Å². The first-order valence-electron chi connectivity index (χ1n) is 4.33. The van der Waals surface area contributed by atoms with Gasteiger partial charge >= 0.3 is 5.69 Å². The van der Waals surface area contributed by atoms with Crippen LogP contribution in [0.1, 0.15) is 0 Å². The first-order valence-corrected chi connectivity index (χ1v) is 4.33. The summed E-state index contributed by atoms with van der Waals surface area (Å²) in [7, 11) is 4.64. The Morgan fingerprint density at radius 2 is 1.62 bits per heavy atom. The number of rotatable bonds is 0. The van der Waals surface area contributed by atoms with Gasteiger partial charge in [0.05, 0.1) is 0 Å². The van der Waals surface area contributed by atoms with Crippen molar-refractivity contribution in [3.8, 4) is 0 Å². The number of nitrogens with zero attached hydrogens (tertiary/aromatic N) is 4. The van der Waals surface area contributed by atoms with Crippen molar-refractivity contribution in [2.75, 3.05) is 5.73 Å². The predicted molar refractivity (Wildman–Crippen MR) is 62.9 cm³/mol. The highest BCUT2D eigenvalue weighted by Gasteiger charge is 2.14. The van der Waals surface area contributed by atoms with Gasteiger partial charge in [-0.1, -0.05) is 0 Å². The van der Waals surface area contributed by atoms with Crippen LogP contribution in [0.2, 0.25) is 0 Å². The summed E-state index contributed by atoms with van der Waals surface area (Å²) in [5, 5.41) is 0. The Labute approximate surface area is 96.5 Å². The third-order valence-corrected chi connectivity index (χ3v) is 2.50. The Morgan fingerprint density at radius 1 is 1.06 bits per heavy atom. The Balaban J connectivity index is 0.00000128. The van der Waals surface area contributed by atoms with Gasteiger partial charge in [-0.15, -0.1) is 12.4 Å². The molecule has 0 atom stereocenters. The lowest BCUT2D eigenvalue weighted by molar-refractivity contribution is 0.698. The highest BCUT2D eigenvalue weighted by molar-refractivity contribution is 5.85. The molecule has 0 aliphatic carbocycles. The van der Waals surface area contributed by atoms with Crippen LogP contribution in [0.3, 0.4) is 0 Å². The number of hydrogen-bond acceptors (Lipinski definition) is 4. The number of nitrogens with two attached hydrogens (primary N) is 1. The minimum Gasteiger partial charge on any atom is -0.369 e. The van der Waals surface area contributed by atoms with Gasteiger partial charge in [-0.2, -0.15) is 0 Å². The van der Waals surface area contributed by atoms with E-state index in [9.17, 15) is 9.59 Å². The van der Waals surface area contributed by atoms with Gasteiger partial charge in [0, 0.05) is 21.1 Å². The molecule has 0 aliphatic rings. The molecule has 8 heteroatoms. The van der Waals surface area contributed by atoms with Crippen LogP contribution >= 0.6 is 12.4 Å². The van der Waals surface area contributed by atoms with E-state index in [1.165, 1.54) is 16.2 Å². The maximum Gasteiger partial charge on any atom is 0.332 e. The molecule has 0 bridgehead atoms. The van der Waals surface area contributed by atoms with Crippen LogP contribution in [0, 0.1) is 0 Å². The van der Waals surface area contributed by atoms with Crippen molar-refractivity contribution in [1.82, 2.24) is 18.7 Å². The second kappa shape index (κ2) is 3.67. The number of fused-ring (bicyclic) bond motifs is 1. The lowest BCUT2D eigenvalue weighted by Crippen LogP contribution is -2.37. The molecule has 2 N–H and O–H groups in total. The van der Waals surface area contributed by atoms with E-state index in [0.717, 1.165) is 4.57 Å². The molecule has 0 unspecified atom stereocenters. The number of nitrogen functional groups attached to an aromatic ring is 1. The molecule has 2 rings (SSSR count). The monoisotopic (exact) mass is 245 g/mol. The summed E-state index contributed by atoms with van der Waals surface area (Å²) >= 11 is 0. The van der Waals surface area contributed by atoms with Gasteiger partial charge in [-0.05, 0) is 0 Å². The number of imidazole rings is 1. The number of hydrogen-bond donors (Lipinski definition) is 1. The van der Waals surface area contributed by atoms with Crippen LogP contribution in [0.15, 0.2) is 9.59 Å². The molecule has 88 valence electrons. The van der Waals surface area contributed by atoms with Crippen LogP contribution in [-0.4, -0.2) is 18.7 Å². The Hall–Kier alpha value is -1.76. The summed E-state index contributed by atoms with van der Waals surface area (Å²) in [4.78, 5) is 27.2. The fourth-order valence-corrected chi connectivity index (χ4v) is 1.60. The molecule has 2 aromatic rings. The first-order chi connectivity index (χ1) is 6.95. The van der Waals surface area contributed by atoms with Crippen LogP contribution in [0.4, 0.5) is 5.95 Å². The van der Waals surface area contributed by atoms with Crippen LogP contribution in [0.5, 0.6) is 0 Å². The van der Waals surface area contributed by atoms with E-state index in [-0.39, 0.29) is 23.9 Å². The molecule has 16 heavy (non-hydrogen) atoms. The smallest absolute Gasteiger partial charge is 0.332 e. The van der Waals surface area contributed by atoms with E-state index in [2.05, 4.69) is 4.98 Å². The highest BCUT2D eigenvalue weighted by Crippen LogP contribution is 2.09. The summed E-state index contributed by atoms with van der Waals surface area (Å²) in [6.07, 6.45) is 0. The molecular weight excluding hydrogens is 234 g/mol. The minimum absolute atomic E-state index is 0. The van der Waals surface area contributed by atoms with Gasteiger partial charge in [-0.25, -0.2) is 9.78 Å². The Kier molecular flexibility index (Phi) is 2.83. The maximum atomic E-state index is 11.7. The average molecular weight is 246 g/mol. The van der Waals surface area contributed by atoms with Gasteiger partial charge < -0.3 is 5.73 Å². The summed E-state index contributed by atoms with van der Waals surface area (Å²) in [5.74, 6) is 0.211. The number of anilines is 1. The molecular formula is C8H12ClN5O2. The Morgan fingerprint density at radius 3 is 2.19 bits per heavy atom. The molecule has 0 saturated carbocycles. The quantitative estimate of drug-likeness (QED) is 0.643. The summed E-state index contributed by atoms with van der Waals surface area (Å²) in [6, 6.07) is 0. The van der Waals surface area contributed by atoms with Gasteiger partial charge in [0.1, 0.15) is 0 Å². The van der Waals surface area contributed by atoms with E-state index in [0.29, 0.717) is 5.65 Å². The van der Waals surface area contributed by atoms with Crippen molar-refractivity contribution in [2.45, 2.75) is 0 Å². The zero-order valence-electron chi connectivity index (χ0n) is 9.09. The van der Waals surface area contributed by atoms with E-state index < -0.39 is 11.2 Å². The summed E-state index contributed by atoms with van der Waals surface area (Å²) in [5.41, 5.74) is 5.39. The lowest BCUT2D eigenvalue weighted by Gasteiger charge is -2.04. The SMILES string of the molecule is Cl.Cn1c(=O)c2nc(N)n(C)c2n(C)c1=O. The molecule has 2 heterocycles. The molecule has 0 saturated heterocycles. The minimum atomic E-state index is -0.430. The van der Waals surface area contributed by atoms with Crippen LogP contribution in [0.25, 0.3) is 11.2 Å². The molecule has 0 amide bonds. The first kappa shape index (κ1) is 12.3. The average Bonchev–Trinajstić information content (AvgIpc) is 2.50. The van der Waals surface area contributed by atoms with Crippen molar-refractivity contribution in [3.63, 3.8) is 0 Å². The summed E-state index contributed by atoms with van der Waals surface area (Å²) < 4.78 is 3.87. The molecule has 2 aromatic heterocycles. The largest absolute Gasteiger partial charge is 0.369 e. The zero-order chi connectivity index (χ0) is 11.3. The van der Waals surface area contributed by atoms with Crippen LogP contribution < -0.4 is 17.0 Å². The van der Waals surface area contributed by atoms with Crippen molar-refractivity contribution >= 4 is 29.5 Å². The summed E-state index contributed by atoms with van der Waals surface area (Å²) in [6.45, 7) is 0. The third-order valence-electron chi connectivity index (χ3n) is 2.50. The molecule has 0 radical (unpaired) electrons. The molecule has 0 aromatic carbocycles. The van der Waals surface area contributed by atoms with E-state index in [1.807, 2.05) is 0 Å². The second-order valence-corrected chi connectivity index (χ2v) is 3.41. The molecule has 0 fully saturated rings. The fraction of sp³-hybridized carbons (Fsp3) is 0.375. The topological polar surface area (TPSA) is 87.8 Å². The number of aromatic nitrogens is 4. The number of aryl methyl sites for hydroxylation is 2. The van der Waals surface area contributed by atoms with Crippen molar-refractivity contribution < 1.29 is 0 Å². The van der Waals surface area contributed by atoms with E-state index in [1.54, 1.807) is 14.1 Å². The predicted octanol–water partition coefficient (Wildman–Crippen LogP) is -1.03. The maximum absolute atomic E-state index is 11.7. The van der Waals surface area contributed by atoms with Gasteiger partial charge in [-0.3, -0.25) is 18.5 Å². The normalized spacial score (nSPS) is 10.4. The second-order valence-electron chi connectivity index (χ2n) is 3.41. The molecule has 0 spiro atoms. The number of halogens is 1.